The molecule has 5 heteroatoms. The van der Waals surface area contributed by atoms with E-state index in [0.717, 1.165) is 38.0 Å². The number of hydrogen-bond acceptors (Lipinski definition) is 4. The molecule has 1 aliphatic rings. The highest BCUT2D eigenvalue weighted by Crippen LogP contribution is 2.18. The molecular weight excluding hydrogens is 282 g/mol. The molecule has 0 aliphatic carbocycles. The lowest BCUT2D eigenvalue weighted by molar-refractivity contribution is -0.126. The summed E-state index contributed by atoms with van der Waals surface area (Å²) in [5.74, 6) is 0.200. The number of thiazole rings is 1. The molecule has 21 heavy (non-hydrogen) atoms. The summed E-state index contributed by atoms with van der Waals surface area (Å²) < 4.78 is 0. The molecule has 118 valence electrons. The van der Waals surface area contributed by atoms with Gasteiger partial charge in [0.15, 0.2) is 0 Å². The molecular formula is C16H27N3OS. The number of likely N-dealkylation sites (tertiary alicyclic amines) is 1. The molecule has 2 rings (SSSR count). The fourth-order valence-corrected chi connectivity index (χ4v) is 3.77. The number of likely N-dealkylation sites (N-methyl/N-ethyl adjacent to an activating group) is 1. The largest absolute Gasteiger partial charge is 0.355 e. The first-order chi connectivity index (χ1) is 10.1. The van der Waals surface area contributed by atoms with Crippen molar-refractivity contribution >= 4 is 17.2 Å². The Morgan fingerprint density at radius 3 is 2.90 bits per heavy atom. The fraction of sp³-hybridized carbons (Fsp3) is 0.750. The third-order valence-electron chi connectivity index (χ3n) is 4.26. The maximum atomic E-state index is 12.3. The van der Waals surface area contributed by atoms with Crippen molar-refractivity contribution in [3.05, 3.63) is 15.6 Å². The van der Waals surface area contributed by atoms with Crippen LogP contribution in [-0.2, 0) is 11.2 Å². The summed E-state index contributed by atoms with van der Waals surface area (Å²) in [7, 11) is 2.07. The van der Waals surface area contributed by atoms with E-state index in [1.165, 1.54) is 29.1 Å². The number of aromatic nitrogens is 1. The van der Waals surface area contributed by atoms with Crippen LogP contribution in [0.1, 0.15) is 47.7 Å². The zero-order chi connectivity index (χ0) is 15.2. The van der Waals surface area contributed by atoms with Gasteiger partial charge in [-0.05, 0) is 46.7 Å². The lowest BCUT2D eigenvalue weighted by atomic mass is 10.1. The Balaban J connectivity index is 1.71. The van der Waals surface area contributed by atoms with Gasteiger partial charge in [-0.2, -0.15) is 0 Å². The first-order valence-corrected chi connectivity index (χ1v) is 8.80. The summed E-state index contributed by atoms with van der Waals surface area (Å²) in [6.45, 7) is 5.95. The minimum Gasteiger partial charge on any atom is -0.355 e. The Kier molecular flexibility index (Phi) is 6.18. The van der Waals surface area contributed by atoms with Crippen LogP contribution in [-0.4, -0.2) is 42.0 Å². The van der Waals surface area contributed by atoms with Gasteiger partial charge < -0.3 is 5.32 Å². The zero-order valence-electron chi connectivity index (χ0n) is 13.4. The van der Waals surface area contributed by atoms with Gasteiger partial charge in [-0.25, -0.2) is 4.98 Å². The van der Waals surface area contributed by atoms with Gasteiger partial charge in [0.25, 0.3) is 0 Å². The van der Waals surface area contributed by atoms with Crippen LogP contribution < -0.4 is 5.32 Å². The van der Waals surface area contributed by atoms with Crippen molar-refractivity contribution in [2.45, 2.75) is 58.4 Å². The van der Waals surface area contributed by atoms with Gasteiger partial charge in [-0.1, -0.05) is 12.8 Å². The van der Waals surface area contributed by atoms with E-state index in [2.05, 4.69) is 36.1 Å². The summed E-state index contributed by atoms with van der Waals surface area (Å²) in [6.07, 6.45) is 6.54. The lowest BCUT2D eigenvalue weighted by Gasteiger charge is -2.24. The number of carbonyl (C=O) groups excluding carboxylic acids is 1. The first kappa shape index (κ1) is 16.4. The molecule has 0 spiro atoms. The van der Waals surface area contributed by atoms with Crippen LogP contribution in [0.3, 0.4) is 0 Å². The van der Waals surface area contributed by atoms with E-state index in [-0.39, 0.29) is 11.9 Å². The maximum absolute atomic E-state index is 12.3. The van der Waals surface area contributed by atoms with Crippen LogP contribution in [0, 0.1) is 13.8 Å². The normalized spacial score (nSPS) is 20.2. The summed E-state index contributed by atoms with van der Waals surface area (Å²) in [6, 6.07) is 0.0665. The standard InChI is InChI=1S/C16H27N3OS/c1-12-13(2)21-15(18-12)9-7-10-17-16(20)14-8-5-4-6-11-19(14)3/h14H,4-11H2,1-3H3,(H,17,20). The van der Waals surface area contributed by atoms with Crippen molar-refractivity contribution in [2.24, 2.45) is 0 Å². The van der Waals surface area contributed by atoms with Crippen LogP contribution in [0.2, 0.25) is 0 Å². The molecule has 1 unspecified atom stereocenters. The molecule has 0 bridgehead atoms. The van der Waals surface area contributed by atoms with E-state index in [1.54, 1.807) is 11.3 Å². The highest BCUT2D eigenvalue weighted by molar-refractivity contribution is 7.11. The Hall–Kier alpha value is -0.940. The van der Waals surface area contributed by atoms with Gasteiger partial charge in [0, 0.05) is 17.8 Å². The topological polar surface area (TPSA) is 45.2 Å². The highest BCUT2D eigenvalue weighted by Gasteiger charge is 2.24. The molecule has 4 nitrogen and oxygen atoms in total. The summed E-state index contributed by atoms with van der Waals surface area (Å²) >= 11 is 1.77. The number of aryl methyl sites for hydroxylation is 3. The molecule has 1 aliphatic heterocycles. The summed E-state index contributed by atoms with van der Waals surface area (Å²) in [5, 5.41) is 4.28. The van der Waals surface area contributed by atoms with Crippen molar-refractivity contribution in [1.29, 1.82) is 0 Å². The monoisotopic (exact) mass is 309 g/mol. The molecule has 1 aromatic heterocycles. The van der Waals surface area contributed by atoms with Gasteiger partial charge >= 0.3 is 0 Å². The Bertz CT molecular complexity index is 453. The van der Waals surface area contributed by atoms with Crippen LogP contribution in [0.25, 0.3) is 0 Å². The molecule has 1 fully saturated rings. The number of nitrogens with one attached hydrogen (secondary N) is 1. The minimum atomic E-state index is 0.0665. The summed E-state index contributed by atoms with van der Waals surface area (Å²) in [4.78, 5) is 20.3. The van der Waals surface area contributed by atoms with Crippen molar-refractivity contribution < 1.29 is 4.79 Å². The second-order valence-electron chi connectivity index (χ2n) is 5.99. The molecule has 0 aromatic carbocycles. The lowest BCUT2D eigenvalue weighted by Crippen LogP contribution is -2.45. The van der Waals surface area contributed by atoms with Gasteiger partial charge in [-0.3, -0.25) is 9.69 Å². The average Bonchev–Trinajstić information content (AvgIpc) is 2.64. The number of hydrogen-bond donors (Lipinski definition) is 1. The SMILES string of the molecule is Cc1nc(CCCNC(=O)C2CCCCCN2C)sc1C. The number of rotatable bonds is 5. The van der Waals surface area contributed by atoms with E-state index in [0.29, 0.717) is 0 Å². The number of carbonyl (C=O) groups is 1. The van der Waals surface area contributed by atoms with E-state index < -0.39 is 0 Å². The molecule has 1 N–H and O–H groups in total. The second kappa shape index (κ2) is 7.90. The maximum Gasteiger partial charge on any atom is 0.237 e. The molecule has 0 radical (unpaired) electrons. The predicted molar refractivity (Wildman–Crippen MR) is 87.8 cm³/mol. The Morgan fingerprint density at radius 1 is 1.38 bits per heavy atom. The predicted octanol–water partition coefficient (Wildman–Crippen LogP) is 2.68. The summed E-state index contributed by atoms with van der Waals surface area (Å²) in [5.41, 5.74) is 1.14. The second-order valence-corrected chi connectivity index (χ2v) is 7.28. The Morgan fingerprint density at radius 2 is 2.19 bits per heavy atom. The van der Waals surface area contributed by atoms with Gasteiger partial charge in [0.1, 0.15) is 0 Å². The van der Waals surface area contributed by atoms with Crippen LogP contribution in [0.15, 0.2) is 0 Å². The third kappa shape index (κ3) is 4.78. The van der Waals surface area contributed by atoms with E-state index in [4.69, 9.17) is 0 Å². The quantitative estimate of drug-likeness (QED) is 0.851. The van der Waals surface area contributed by atoms with Crippen molar-refractivity contribution in [2.75, 3.05) is 20.1 Å². The highest BCUT2D eigenvalue weighted by atomic mass is 32.1. The van der Waals surface area contributed by atoms with Crippen molar-refractivity contribution in [3.8, 4) is 0 Å². The van der Waals surface area contributed by atoms with Crippen LogP contribution in [0.4, 0.5) is 0 Å². The van der Waals surface area contributed by atoms with Crippen molar-refractivity contribution in [3.63, 3.8) is 0 Å². The van der Waals surface area contributed by atoms with Gasteiger partial charge in [0.05, 0.1) is 16.7 Å². The number of nitrogens with zero attached hydrogens (tertiary/aromatic N) is 2. The molecule has 2 heterocycles. The first-order valence-electron chi connectivity index (χ1n) is 7.99. The van der Waals surface area contributed by atoms with E-state index in [1.807, 2.05) is 0 Å². The van der Waals surface area contributed by atoms with Crippen LogP contribution in [0.5, 0.6) is 0 Å². The average molecular weight is 309 g/mol. The Labute approximate surface area is 132 Å². The third-order valence-corrected chi connectivity index (χ3v) is 5.40. The molecule has 1 aromatic rings. The molecule has 0 saturated carbocycles. The fourth-order valence-electron chi connectivity index (χ4n) is 2.80. The zero-order valence-corrected chi connectivity index (χ0v) is 14.3. The van der Waals surface area contributed by atoms with Gasteiger partial charge in [-0.15, -0.1) is 11.3 Å². The van der Waals surface area contributed by atoms with Gasteiger partial charge in [0.2, 0.25) is 5.91 Å². The van der Waals surface area contributed by atoms with Crippen LogP contribution >= 0.6 is 11.3 Å². The number of amides is 1. The smallest absolute Gasteiger partial charge is 0.237 e. The molecule has 1 saturated heterocycles. The minimum absolute atomic E-state index is 0.0665. The molecule has 1 amide bonds. The van der Waals surface area contributed by atoms with E-state index >= 15 is 0 Å². The van der Waals surface area contributed by atoms with Crippen molar-refractivity contribution in [1.82, 2.24) is 15.2 Å². The van der Waals surface area contributed by atoms with E-state index in [9.17, 15) is 4.79 Å². The molecule has 1 atom stereocenters.